The number of benzene rings is 4. The number of nitrogens with one attached hydrogen (secondary N) is 3. The van der Waals surface area contributed by atoms with Gasteiger partial charge in [0.2, 0.25) is 17.7 Å². The summed E-state index contributed by atoms with van der Waals surface area (Å²) in [4.78, 5) is 53.2. The van der Waals surface area contributed by atoms with E-state index < -0.39 is 41.8 Å². The van der Waals surface area contributed by atoms with Gasteiger partial charge in [-0.15, -0.1) is 0 Å². The highest BCUT2D eigenvalue weighted by molar-refractivity contribution is 6.11. The molecule has 4 aromatic rings. The number of hydrogen-bond acceptors (Lipinski definition) is 7. The van der Waals surface area contributed by atoms with Gasteiger partial charge >= 0.3 is 5.97 Å². The van der Waals surface area contributed by atoms with E-state index in [0.717, 1.165) is 44.7 Å². The van der Waals surface area contributed by atoms with Gasteiger partial charge in [0.25, 0.3) is 0 Å². The minimum absolute atomic E-state index is 0. The van der Waals surface area contributed by atoms with E-state index >= 15 is 0 Å². The van der Waals surface area contributed by atoms with Gasteiger partial charge in [0.05, 0.1) is 27.9 Å². The van der Waals surface area contributed by atoms with Crippen molar-refractivity contribution in [3.05, 3.63) is 83.9 Å². The Morgan fingerprint density at radius 1 is 0.827 bits per heavy atom. The van der Waals surface area contributed by atoms with Gasteiger partial charge in [0.15, 0.2) is 0 Å². The molecule has 6 N–H and O–H groups in total. The van der Waals surface area contributed by atoms with Crippen molar-refractivity contribution in [2.45, 2.75) is 63.6 Å². The molecular formula is C40H47ClN4O7. The largest absolute Gasteiger partial charge is 1.00 e. The van der Waals surface area contributed by atoms with Crippen LogP contribution < -0.4 is 43.6 Å². The van der Waals surface area contributed by atoms with Crippen LogP contribution in [0.25, 0.3) is 32.7 Å². The molecule has 0 saturated heterocycles. The van der Waals surface area contributed by atoms with E-state index in [1.54, 1.807) is 14.2 Å². The number of allylic oxidation sites excluding steroid dienone is 1. The van der Waals surface area contributed by atoms with Crippen LogP contribution in [-0.2, 0) is 36.8 Å². The molecule has 3 atom stereocenters. The van der Waals surface area contributed by atoms with E-state index in [4.69, 9.17) is 14.2 Å². The van der Waals surface area contributed by atoms with Crippen molar-refractivity contribution in [1.82, 2.24) is 16.0 Å². The van der Waals surface area contributed by atoms with Crippen LogP contribution in [0, 0.1) is 0 Å². The molecule has 276 valence electrons. The van der Waals surface area contributed by atoms with Gasteiger partial charge in [-0.3, -0.25) is 14.4 Å². The summed E-state index contributed by atoms with van der Waals surface area (Å²) in [5.74, 6) is -0.890. The molecule has 0 fully saturated rings. The predicted molar refractivity (Wildman–Crippen MR) is 196 cm³/mol. The lowest BCUT2D eigenvalue weighted by Crippen LogP contribution is -3.00. The van der Waals surface area contributed by atoms with Gasteiger partial charge in [0, 0.05) is 24.5 Å². The fourth-order valence-electron chi connectivity index (χ4n) is 6.85. The fraction of sp³-hybridized carbons (Fsp3) is 0.350. The topological polar surface area (TPSA) is 160 Å². The number of carbonyl (C=O) groups is 4. The monoisotopic (exact) mass is 730 g/mol. The van der Waals surface area contributed by atoms with Crippen LogP contribution in [-0.4, -0.2) is 69.7 Å². The molecule has 11 nitrogen and oxygen atoms in total. The summed E-state index contributed by atoms with van der Waals surface area (Å²) >= 11 is 0. The van der Waals surface area contributed by atoms with Crippen molar-refractivity contribution in [2.75, 3.05) is 27.9 Å². The quantitative estimate of drug-likeness (QED) is 0.119. The minimum atomic E-state index is -1.06. The summed E-state index contributed by atoms with van der Waals surface area (Å²) in [5.41, 5.74) is 7.10. The maximum Gasteiger partial charge on any atom is 0.328 e. The second kappa shape index (κ2) is 18.4. The van der Waals surface area contributed by atoms with Crippen molar-refractivity contribution >= 4 is 45.2 Å². The number of quaternary nitrogens is 1. The zero-order valence-electron chi connectivity index (χ0n) is 30.1. The summed E-state index contributed by atoms with van der Waals surface area (Å²) in [6.45, 7) is 2.01. The molecule has 0 spiro atoms. The average molecular weight is 731 g/mol. The SMILES string of the molecule is COC(=O)[C@@H]1C/C=C/Cc2cc3ccccc3c(c2OC)-c2c(OC)c(cc3ccccc23)CC(NC(C)=O)C(=O)N[C@H](CCCC[NH3+])C(=O)N1.[Cl-]. The molecule has 0 radical (unpaired) electrons. The zero-order chi connectivity index (χ0) is 36.5. The first-order chi connectivity index (χ1) is 24.7. The Hall–Kier alpha value is -5.13. The first-order valence-electron chi connectivity index (χ1n) is 17.3. The molecule has 5 rings (SSSR count). The smallest absolute Gasteiger partial charge is 0.328 e. The zero-order valence-corrected chi connectivity index (χ0v) is 30.8. The van der Waals surface area contributed by atoms with E-state index in [9.17, 15) is 19.2 Å². The summed E-state index contributed by atoms with van der Waals surface area (Å²) < 4.78 is 17.5. The molecule has 1 aliphatic heterocycles. The maximum atomic E-state index is 14.1. The van der Waals surface area contributed by atoms with E-state index in [1.807, 2.05) is 66.7 Å². The number of hydrogen-bond donors (Lipinski definition) is 4. The Bertz CT molecular complexity index is 1960. The van der Waals surface area contributed by atoms with Crippen molar-refractivity contribution in [2.24, 2.45) is 0 Å². The predicted octanol–water partition coefficient (Wildman–Crippen LogP) is 0.786. The third-order valence-electron chi connectivity index (χ3n) is 9.24. The molecule has 0 aromatic heterocycles. The third-order valence-corrected chi connectivity index (χ3v) is 9.24. The van der Waals surface area contributed by atoms with Crippen LogP contribution in [0.4, 0.5) is 0 Å². The number of halogens is 1. The van der Waals surface area contributed by atoms with Gasteiger partial charge in [-0.25, -0.2) is 4.79 Å². The van der Waals surface area contributed by atoms with Gasteiger partial charge in [-0.2, -0.15) is 0 Å². The molecule has 52 heavy (non-hydrogen) atoms. The first-order valence-corrected chi connectivity index (χ1v) is 17.3. The second-order valence-electron chi connectivity index (χ2n) is 12.7. The molecule has 1 aliphatic rings. The van der Waals surface area contributed by atoms with Crippen molar-refractivity contribution in [1.29, 1.82) is 0 Å². The lowest BCUT2D eigenvalue weighted by molar-refractivity contribution is -0.368. The number of amides is 3. The van der Waals surface area contributed by atoms with Crippen molar-refractivity contribution < 1.29 is 51.5 Å². The summed E-state index contributed by atoms with van der Waals surface area (Å²) in [6.07, 6.45) is 6.14. The summed E-state index contributed by atoms with van der Waals surface area (Å²) in [6, 6.07) is 17.1. The summed E-state index contributed by atoms with van der Waals surface area (Å²) in [5, 5.41) is 12.2. The lowest BCUT2D eigenvalue weighted by Gasteiger charge is -2.26. The highest BCUT2D eigenvalue weighted by Crippen LogP contribution is 2.48. The number of methoxy groups -OCH3 is 3. The summed E-state index contributed by atoms with van der Waals surface area (Å²) in [7, 11) is 4.50. The average Bonchev–Trinajstić information content (AvgIpc) is 3.13. The van der Waals surface area contributed by atoms with Crippen LogP contribution >= 0.6 is 0 Å². The number of esters is 1. The number of carbonyl (C=O) groups excluding carboxylic acids is 4. The van der Waals surface area contributed by atoms with Gasteiger partial charge in [-0.1, -0.05) is 60.7 Å². The van der Waals surface area contributed by atoms with Gasteiger partial charge in [-0.05, 0) is 76.9 Å². The van der Waals surface area contributed by atoms with E-state index in [0.29, 0.717) is 42.9 Å². The molecule has 1 heterocycles. The molecule has 4 aromatic carbocycles. The Morgan fingerprint density at radius 2 is 1.42 bits per heavy atom. The lowest BCUT2D eigenvalue weighted by atomic mass is 9.87. The maximum absolute atomic E-state index is 14.1. The molecular weight excluding hydrogens is 684 g/mol. The normalized spacial score (nSPS) is 18.5. The highest BCUT2D eigenvalue weighted by Gasteiger charge is 2.31. The number of fused-ring (bicyclic) bond motifs is 9. The Morgan fingerprint density at radius 3 is 2.00 bits per heavy atom. The molecule has 1 unspecified atom stereocenters. The number of ether oxygens (including phenoxy) is 3. The molecule has 4 bridgehead atoms. The number of unbranched alkanes of at least 4 members (excludes halogenated alkanes) is 1. The van der Waals surface area contributed by atoms with E-state index in [2.05, 4.69) is 27.8 Å². The standard InChI is InChI=1S/C40H46N4O7.ClH/c1-24(45)42-33-23-28-22-26-14-6-9-17-30(26)35(37(28)50-3)34-29-16-8-5-13-25(29)21-27(36(34)49-2)15-7-10-19-32(40(48)51-4)44-38(46)31(43-39(33)47)18-11-12-20-41;/h5-10,13-14,16-17,21-22,31-33H,11-12,15,18-20,23,41H2,1-4H3,(H,42,45)(H,43,47)(H,44,46);1H/b10-7+;/t31-,32+,33?;/m1./s1. The Labute approximate surface area is 310 Å². The fourth-order valence-corrected chi connectivity index (χ4v) is 6.85. The Kier molecular flexibility index (Phi) is 14.0. The van der Waals surface area contributed by atoms with Crippen LogP contribution in [0.2, 0.25) is 0 Å². The first kappa shape index (κ1) is 39.7. The van der Waals surface area contributed by atoms with Crippen molar-refractivity contribution in [3.63, 3.8) is 0 Å². The molecule has 3 amide bonds. The third kappa shape index (κ3) is 8.83. The second-order valence-corrected chi connectivity index (χ2v) is 12.7. The van der Waals surface area contributed by atoms with Gasteiger partial charge < -0.3 is 48.3 Å². The van der Waals surface area contributed by atoms with E-state index in [1.165, 1.54) is 14.0 Å². The minimum Gasteiger partial charge on any atom is -1.00 e. The molecule has 12 heteroatoms. The number of rotatable bonds is 8. The van der Waals surface area contributed by atoms with Crippen LogP contribution in [0.1, 0.15) is 43.7 Å². The Balaban J connectivity index is 0.00000605. The molecule has 0 saturated carbocycles. The molecule has 0 aliphatic carbocycles. The van der Waals surface area contributed by atoms with Crippen LogP contribution in [0.3, 0.4) is 0 Å². The van der Waals surface area contributed by atoms with Crippen molar-refractivity contribution in [3.8, 4) is 22.6 Å². The van der Waals surface area contributed by atoms with Crippen LogP contribution in [0.5, 0.6) is 11.5 Å². The highest BCUT2D eigenvalue weighted by atomic mass is 35.5. The van der Waals surface area contributed by atoms with Crippen LogP contribution in [0.15, 0.2) is 72.8 Å². The van der Waals surface area contributed by atoms with E-state index in [-0.39, 0.29) is 25.2 Å². The van der Waals surface area contributed by atoms with Gasteiger partial charge in [0.1, 0.15) is 29.6 Å².